The van der Waals surface area contributed by atoms with Crippen molar-refractivity contribution in [2.75, 3.05) is 7.11 Å². The number of rotatable bonds is 2. The van der Waals surface area contributed by atoms with Crippen LogP contribution in [-0.2, 0) is 4.79 Å². The van der Waals surface area contributed by atoms with E-state index in [1.165, 1.54) is 6.08 Å². The molecule has 0 bridgehead atoms. The van der Waals surface area contributed by atoms with Crippen LogP contribution in [0.2, 0.25) is 0 Å². The zero-order valence-corrected chi connectivity index (χ0v) is 8.50. The molecule has 0 spiro atoms. The number of carbonyl (C=O) groups excluding carboxylic acids is 1. The van der Waals surface area contributed by atoms with Crippen LogP contribution in [0.5, 0.6) is 5.75 Å². The van der Waals surface area contributed by atoms with Gasteiger partial charge in [0.2, 0.25) is 6.08 Å². The van der Waals surface area contributed by atoms with Gasteiger partial charge in [-0.3, -0.25) is 0 Å². The first kappa shape index (κ1) is 9.49. The molecule has 2 aromatic rings. The Morgan fingerprint density at radius 2 is 2.27 bits per heavy atom. The molecule has 1 aromatic heterocycles. The molecule has 1 N–H and O–H groups in total. The highest BCUT2D eigenvalue weighted by Gasteiger charge is 2.08. The third kappa shape index (κ3) is 1.51. The fourth-order valence-electron chi connectivity index (χ4n) is 1.63. The molecule has 0 atom stereocenters. The minimum absolute atomic E-state index is 0.585. The molecule has 1 heterocycles. The summed E-state index contributed by atoms with van der Waals surface area (Å²) in [7, 11) is 1.61. The fourth-order valence-corrected chi connectivity index (χ4v) is 1.63. The van der Waals surface area contributed by atoms with Crippen molar-refractivity contribution in [1.82, 2.24) is 4.98 Å². The van der Waals surface area contributed by atoms with Gasteiger partial charge in [0.1, 0.15) is 11.4 Å². The maximum atomic E-state index is 10.2. The minimum Gasteiger partial charge on any atom is -0.495 e. The number of H-pyrrole nitrogens is 1. The van der Waals surface area contributed by atoms with Crippen molar-refractivity contribution < 1.29 is 9.53 Å². The lowest BCUT2D eigenvalue weighted by Gasteiger charge is -2.03. The Balaban J connectivity index is 2.80. The van der Waals surface area contributed by atoms with Gasteiger partial charge in [-0.2, -0.15) is 4.99 Å². The third-order valence-corrected chi connectivity index (χ3v) is 2.26. The molecule has 0 aliphatic rings. The molecule has 0 aliphatic heterocycles. The SMILES string of the molecule is COc1cc(C)cc2c(N=C=O)c[nH]c12. The van der Waals surface area contributed by atoms with Crippen LogP contribution < -0.4 is 4.74 Å². The van der Waals surface area contributed by atoms with E-state index in [9.17, 15) is 4.79 Å². The Bertz CT molecular complexity index is 551. The monoisotopic (exact) mass is 202 g/mol. The maximum Gasteiger partial charge on any atom is 0.240 e. The molecule has 1 aromatic carbocycles. The number of hydrogen-bond donors (Lipinski definition) is 1. The summed E-state index contributed by atoms with van der Waals surface area (Å²) in [5.41, 5.74) is 2.49. The molecule has 76 valence electrons. The van der Waals surface area contributed by atoms with Gasteiger partial charge >= 0.3 is 0 Å². The number of hydrogen-bond acceptors (Lipinski definition) is 3. The van der Waals surface area contributed by atoms with Crippen LogP contribution in [0.25, 0.3) is 10.9 Å². The number of nitrogens with one attached hydrogen (secondary N) is 1. The van der Waals surface area contributed by atoms with E-state index in [1.807, 2.05) is 19.1 Å². The topological polar surface area (TPSA) is 54.4 Å². The van der Waals surface area contributed by atoms with Crippen LogP contribution in [0.4, 0.5) is 5.69 Å². The largest absolute Gasteiger partial charge is 0.495 e. The molecule has 0 saturated carbocycles. The predicted molar refractivity (Wildman–Crippen MR) is 57.4 cm³/mol. The van der Waals surface area contributed by atoms with Gasteiger partial charge in [-0.15, -0.1) is 0 Å². The first-order valence-electron chi connectivity index (χ1n) is 4.50. The smallest absolute Gasteiger partial charge is 0.240 e. The Labute approximate surface area is 86.6 Å². The van der Waals surface area contributed by atoms with Crippen LogP contribution >= 0.6 is 0 Å². The van der Waals surface area contributed by atoms with Gasteiger partial charge in [0.15, 0.2) is 0 Å². The van der Waals surface area contributed by atoms with Crippen LogP contribution in [0, 0.1) is 6.92 Å². The summed E-state index contributed by atoms with van der Waals surface area (Å²) in [5, 5.41) is 0.871. The first-order chi connectivity index (χ1) is 7.26. The van der Waals surface area contributed by atoms with Gasteiger partial charge in [0.05, 0.1) is 12.6 Å². The van der Waals surface area contributed by atoms with Crippen molar-refractivity contribution in [3.05, 3.63) is 23.9 Å². The Morgan fingerprint density at radius 1 is 1.47 bits per heavy atom. The van der Waals surface area contributed by atoms with E-state index in [1.54, 1.807) is 13.3 Å². The van der Waals surface area contributed by atoms with Crippen molar-refractivity contribution in [1.29, 1.82) is 0 Å². The van der Waals surface area contributed by atoms with Crippen LogP contribution in [0.1, 0.15) is 5.56 Å². The van der Waals surface area contributed by atoms with Gasteiger partial charge in [-0.25, -0.2) is 4.79 Å². The van der Waals surface area contributed by atoms with Gasteiger partial charge in [0, 0.05) is 11.6 Å². The summed E-state index contributed by atoms with van der Waals surface area (Å²) >= 11 is 0. The number of benzene rings is 1. The number of fused-ring (bicyclic) bond motifs is 1. The lowest BCUT2D eigenvalue weighted by Crippen LogP contribution is -1.85. The number of aromatic amines is 1. The van der Waals surface area contributed by atoms with Gasteiger partial charge in [-0.1, -0.05) is 0 Å². The number of nitrogens with zero attached hydrogens (tertiary/aromatic N) is 1. The van der Waals surface area contributed by atoms with E-state index in [2.05, 4.69) is 9.98 Å². The van der Waals surface area contributed by atoms with Crippen molar-refractivity contribution in [3.8, 4) is 5.75 Å². The van der Waals surface area contributed by atoms with E-state index >= 15 is 0 Å². The molecule has 0 saturated heterocycles. The molecule has 4 heteroatoms. The summed E-state index contributed by atoms with van der Waals surface area (Å²) < 4.78 is 5.23. The molecule has 0 fully saturated rings. The van der Waals surface area contributed by atoms with Crippen LogP contribution in [-0.4, -0.2) is 18.2 Å². The molecule has 0 radical (unpaired) electrons. The highest BCUT2D eigenvalue weighted by molar-refractivity contribution is 5.95. The third-order valence-electron chi connectivity index (χ3n) is 2.26. The highest BCUT2D eigenvalue weighted by atomic mass is 16.5. The quantitative estimate of drug-likeness (QED) is 0.600. The molecular formula is C11H10N2O2. The lowest BCUT2D eigenvalue weighted by molar-refractivity contribution is 0.418. The Hall–Kier alpha value is -2.06. The van der Waals surface area contributed by atoms with Crippen molar-refractivity contribution in [2.45, 2.75) is 6.92 Å². The number of aryl methyl sites for hydroxylation is 1. The molecule has 0 aliphatic carbocycles. The van der Waals surface area contributed by atoms with E-state index in [4.69, 9.17) is 4.74 Å². The molecule has 4 nitrogen and oxygen atoms in total. The highest BCUT2D eigenvalue weighted by Crippen LogP contribution is 2.32. The number of aliphatic imine (C=N–C) groups is 1. The summed E-state index contributed by atoms with van der Waals surface area (Å²) in [6, 6.07) is 3.87. The van der Waals surface area contributed by atoms with Gasteiger partial charge in [0.25, 0.3) is 0 Å². The van der Waals surface area contributed by atoms with Crippen molar-refractivity contribution in [3.63, 3.8) is 0 Å². The molecule has 0 amide bonds. The van der Waals surface area contributed by atoms with Crippen LogP contribution in [0.15, 0.2) is 23.3 Å². The summed E-state index contributed by atoms with van der Waals surface area (Å²) in [4.78, 5) is 16.9. The lowest BCUT2D eigenvalue weighted by atomic mass is 10.1. The summed E-state index contributed by atoms with van der Waals surface area (Å²) in [6.45, 7) is 1.96. The number of isocyanates is 1. The Morgan fingerprint density at radius 3 is 2.93 bits per heavy atom. The standard InChI is InChI=1S/C11H10N2O2/c1-7-3-8-9(13-6-14)5-12-11(8)10(4-7)15-2/h3-5,12H,1-2H3. The van der Waals surface area contributed by atoms with E-state index in [0.29, 0.717) is 5.69 Å². The van der Waals surface area contributed by atoms with E-state index < -0.39 is 0 Å². The van der Waals surface area contributed by atoms with E-state index in [0.717, 1.165) is 22.2 Å². The summed E-state index contributed by atoms with van der Waals surface area (Å²) in [6.07, 6.45) is 3.20. The fraction of sp³-hybridized carbons (Fsp3) is 0.182. The predicted octanol–water partition coefficient (Wildman–Crippen LogP) is 2.45. The minimum atomic E-state index is 0.585. The van der Waals surface area contributed by atoms with Gasteiger partial charge < -0.3 is 9.72 Å². The maximum absolute atomic E-state index is 10.2. The van der Waals surface area contributed by atoms with Crippen molar-refractivity contribution >= 4 is 22.7 Å². The second-order valence-electron chi connectivity index (χ2n) is 3.27. The second kappa shape index (κ2) is 3.59. The zero-order valence-electron chi connectivity index (χ0n) is 8.50. The molecule has 0 unspecified atom stereocenters. The second-order valence-corrected chi connectivity index (χ2v) is 3.27. The average Bonchev–Trinajstić information content (AvgIpc) is 2.61. The average molecular weight is 202 g/mol. The molecule has 15 heavy (non-hydrogen) atoms. The number of methoxy groups -OCH3 is 1. The number of aromatic nitrogens is 1. The zero-order chi connectivity index (χ0) is 10.8. The van der Waals surface area contributed by atoms with Gasteiger partial charge in [-0.05, 0) is 24.6 Å². The molecular weight excluding hydrogens is 192 g/mol. The summed E-state index contributed by atoms with van der Waals surface area (Å²) in [5.74, 6) is 0.748. The van der Waals surface area contributed by atoms with Crippen molar-refractivity contribution in [2.24, 2.45) is 4.99 Å². The number of ether oxygens (including phenoxy) is 1. The normalized spacial score (nSPS) is 10.0. The first-order valence-corrected chi connectivity index (χ1v) is 4.50. The Kier molecular flexibility index (Phi) is 2.27. The molecule has 2 rings (SSSR count). The van der Waals surface area contributed by atoms with Crippen LogP contribution in [0.3, 0.4) is 0 Å². The van der Waals surface area contributed by atoms with E-state index in [-0.39, 0.29) is 0 Å².